The van der Waals surface area contributed by atoms with E-state index in [1.165, 1.54) is 0 Å². The molecule has 2 aromatic rings. The zero-order valence-corrected chi connectivity index (χ0v) is 8.90. The molecule has 17 heavy (non-hydrogen) atoms. The fourth-order valence-corrected chi connectivity index (χ4v) is 1.67. The van der Waals surface area contributed by atoms with Crippen LogP contribution in [0.15, 0.2) is 18.2 Å². The Morgan fingerprint density at radius 2 is 1.82 bits per heavy atom. The maximum atomic E-state index is 13.0. The van der Waals surface area contributed by atoms with Crippen molar-refractivity contribution in [2.75, 3.05) is 5.73 Å². The number of fused-ring (bicyclic) bond motifs is 1. The highest BCUT2D eigenvalue weighted by Gasteiger charge is 2.33. The van der Waals surface area contributed by atoms with Gasteiger partial charge in [-0.2, -0.15) is 13.2 Å². The van der Waals surface area contributed by atoms with Crippen molar-refractivity contribution in [3.63, 3.8) is 0 Å². The lowest BCUT2D eigenvalue weighted by Crippen LogP contribution is -2.09. The molecule has 0 atom stereocenters. The summed E-state index contributed by atoms with van der Waals surface area (Å²) in [7, 11) is 0. The number of hydrogen-bond donors (Lipinski definition) is 1. The largest absolute Gasteiger partial charge is 0.433 e. The Kier molecular flexibility index (Phi) is 2.61. The van der Waals surface area contributed by atoms with E-state index < -0.39 is 17.7 Å². The Bertz CT molecular complexity index is 595. The molecule has 2 rings (SSSR count). The molecule has 0 radical (unpaired) electrons. The maximum absolute atomic E-state index is 13.0. The van der Waals surface area contributed by atoms with Gasteiger partial charge in [0.05, 0.1) is 10.5 Å². The number of aromatic nitrogens is 1. The molecule has 0 aliphatic heterocycles. The van der Waals surface area contributed by atoms with E-state index in [1.807, 2.05) is 0 Å². The molecule has 0 aliphatic carbocycles. The normalized spacial score (nSPS) is 12.1. The van der Waals surface area contributed by atoms with Gasteiger partial charge >= 0.3 is 6.18 Å². The topological polar surface area (TPSA) is 38.9 Å². The summed E-state index contributed by atoms with van der Waals surface area (Å²) in [4.78, 5) is 3.34. The van der Waals surface area contributed by atoms with Crippen LogP contribution in [0.2, 0.25) is 5.02 Å². The Balaban J connectivity index is 2.83. The van der Waals surface area contributed by atoms with Crippen LogP contribution in [0.4, 0.5) is 23.2 Å². The number of nitrogens with zero attached hydrogens (tertiary/aromatic N) is 1. The van der Waals surface area contributed by atoms with Gasteiger partial charge in [0.1, 0.15) is 11.5 Å². The monoisotopic (exact) mass is 264 g/mol. The molecule has 2 nitrogen and oxygen atoms in total. The third-order valence-corrected chi connectivity index (χ3v) is 2.44. The molecule has 90 valence electrons. The third-order valence-electron chi connectivity index (χ3n) is 2.15. The van der Waals surface area contributed by atoms with Gasteiger partial charge in [-0.3, -0.25) is 0 Å². The summed E-state index contributed by atoms with van der Waals surface area (Å²) >= 11 is 5.63. The van der Waals surface area contributed by atoms with Gasteiger partial charge < -0.3 is 5.73 Å². The summed E-state index contributed by atoms with van der Waals surface area (Å²) in [5, 5.41) is -0.152. The Labute approximate surface area is 98.0 Å². The second kappa shape index (κ2) is 3.73. The average molecular weight is 265 g/mol. The quantitative estimate of drug-likeness (QED) is 0.738. The number of nitrogens with two attached hydrogens (primary N) is 1. The molecular weight excluding hydrogens is 260 g/mol. The van der Waals surface area contributed by atoms with Crippen molar-refractivity contribution in [2.45, 2.75) is 6.18 Å². The zero-order chi connectivity index (χ0) is 12.8. The summed E-state index contributed by atoms with van der Waals surface area (Å²) < 4.78 is 50.4. The predicted octanol–water partition coefficient (Wildman–Crippen LogP) is 3.63. The number of anilines is 1. The van der Waals surface area contributed by atoms with E-state index in [4.69, 9.17) is 17.3 Å². The average Bonchev–Trinajstić information content (AvgIpc) is 2.17. The van der Waals surface area contributed by atoms with E-state index in [1.54, 1.807) is 0 Å². The minimum atomic E-state index is -4.62. The van der Waals surface area contributed by atoms with Crippen LogP contribution in [0.25, 0.3) is 10.9 Å². The fourth-order valence-electron chi connectivity index (χ4n) is 1.42. The summed E-state index contributed by atoms with van der Waals surface area (Å²) in [6, 6.07) is 2.53. The first kappa shape index (κ1) is 11.9. The minimum Gasteiger partial charge on any atom is -0.398 e. The van der Waals surface area contributed by atoms with Gasteiger partial charge in [0.15, 0.2) is 0 Å². The maximum Gasteiger partial charge on any atom is 0.433 e. The van der Waals surface area contributed by atoms with Gasteiger partial charge in [-0.1, -0.05) is 11.6 Å². The Morgan fingerprint density at radius 1 is 1.18 bits per heavy atom. The molecule has 0 bridgehead atoms. The number of nitrogen functional groups attached to an aromatic ring is 1. The third kappa shape index (κ3) is 2.12. The lowest BCUT2D eigenvalue weighted by molar-refractivity contribution is -0.140. The fraction of sp³-hybridized carbons (Fsp3) is 0.100. The molecular formula is C10H5ClF4N2. The van der Waals surface area contributed by atoms with E-state index in [2.05, 4.69) is 4.98 Å². The second-order valence-electron chi connectivity index (χ2n) is 3.38. The molecule has 1 aromatic carbocycles. The smallest absolute Gasteiger partial charge is 0.398 e. The number of alkyl halides is 3. The van der Waals surface area contributed by atoms with Crippen LogP contribution in [-0.4, -0.2) is 4.98 Å². The van der Waals surface area contributed by atoms with E-state index in [9.17, 15) is 17.6 Å². The molecule has 0 saturated carbocycles. The van der Waals surface area contributed by atoms with Gasteiger partial charge in [-0.25, -0.2) is 9.37 Å². The lowest BCUT2D eigenvalue weighted by Gasteiger charge is -2.10. The van der Waals surface area contributed by atoms with Crippen LogP contribution in [0.5, 0.6) is 0 Å². The molecule has 2 N–H and O–H groups in total. The van der Waals surface area contributed by atoms with Crippen LogP contribution in [0.1, 0.15) is 5.69 Å². The van der Waals surface area contributed by atoms with Crippen molar-refractivity contribution >= 4 is 28.2 Å². The number of benzene rings is 1. The second-order valence-corrected chi connectivity index (χ2v) is 3.79. The van der Waals surface area contributed by atoms with E-state index in [0.29, 0.717) is 6.07 Å². The van der Waals surface area contributed by atoms with Crippen molar-refractivity contribution in [2.24, 2.45) is 0 Å². The van der Waals surface area contributed by atoms with Crippen molar-refractivity contribution in [3.8, 4) is 0 Å². The number of hydrogen-bond acceptors (Lipinski definition) is 2. The van der Waals surface area contributed by atoms with Crippen LogP contribution in [0.3, 0.4) is 0 Å². The molecule has 0 spiro atoms. The first-order valence-corrected chi connectivity index (χ1v) is 4.79. The van der Waals surface area contributed by atoms with E-state index in [0.717, 1.165) is 12.1 Å². The van der Waals surface area contributed by atoms with Gasteiger partial charge in [0.25, 0.3) is 0 Å². The van der Waals surface area contributed by atoms with Crippen LogP contribution < -0.4 is 5.73 Å². The summed E-state index contributed by atoms with van der Waals surface area (Å²) in [6.45, 7) is 0. The number of rotatable bonds is 0. The molecule has 0 aliphatic rings. The molecule has 0 saturated heterocycles. The molecule has 0 amide bonds. The van der Waals surface area contributed by atoms with Crippen LogP contribution >= 0.6 is 11.6 Å². The zero-order valence-electron chi connectivity index (χ0n) is 8.15. The predicted molar refractivity (Wildman–Crippen MR) is 56.1 cm³/mol. The van der Waals surface area contributed by atoms with Crippen molar-refractivity contribution in [3.05, 3.63) is 34.7 Å². The Hall–Kier alpha value is -1.56. The van der Waals surface area contributed by atoms with E-state index >= 15 is 0 Å². The van der Waals surface area contributed by atoms with Gasteiger partial charge in [-0.05, 0) is 18.2 Å². The minimum absolute atomic E-state index is 0.0583. The van der Waals surface area contributed by atoms with Gasteiger partial charge in [-0.15, -0.1) is 0 Å². The van der Waals surface area contributed by atoms with Crippen LogP contribution in [0, 0.1) is 5.82 Å². The van der Waals surface area contributed by atoms with E-state index in [-0.39, 0.29) is 21.6 Å². The van der Waals surface area contributed by atoms with Crippen LogP contribution in [-0.2, 0) is 6.18 Å². The van der Waals surface area contributed by atoms with Crippen molar-refractivity contribution in [1.29, 1.82) is 0 Å². The molecule has 1 heterocycles. The number of pyridine rings is 1. The molecule has 7 heteroatoms. The highest BCUT2D eigenvalue weighted by Crippen LogP contribution is 2.34. The first-order chi connectivity index (χ1) is 7.79. The first-order valence-electron chi connectivity index (χ1n) is 4.41. The van der Waals surface area contributed by atoms with Gasteiger partial charge in [0.2, 0.25) is 0 Å². The highest BCUT2D eigenvalue weighted by atomic mass is 35.5. The molecule has 0 unspecified atom stereocenters. The lowest BCUT2D eigenvalue weighted by atomic mass is 10.1. The number of halogens is 5. The molecule has 1 aromatic heterocycles. The summed E-state index contributed by atoms with van der Waals surface area (Å²) in [6.07, 6.45) is -4.62. The van der Waals surface area contributed by atoms with Crippen molar-refractivity contribution < 1.29 is 17.6 Å². The highest BCUT2D eigenvalue weighted by molar-refractivity contribution is 6.35. The summed E-state index contributed by atoms with van der Waals surface area (Å²) in [5.74, 6) is -0.684. The standard InChI is InChI=1S/C10H5ClF4N2/c11-6-2-4(12)1-5-7(16)3-8(10(13,14)15)17-9(5)6/h1-3H,(H2,16,17). The molecule has 0 fully saturated rings. The Morgan fingerprint density at radius 3 is 2.41 bits per heavy atom. The van der Waals surface area contributed by atoms with Crippen molar-refractivity contribution in [1.82, 2.24) is 4.98 Å². The SMILES string of the molecule is Nc1cc(C(F)(F)F)nc2c(Cl)cc(F)cc12. The van der Waals surface area contributed by atoms with Gasteiger partial charge in [0, 0.05) is 11.1 Å². The summed E-state index contributed by atoms with van der Waals surface area (Å²) in [5.41, 5.74) is 3.88.